The lowest BCUT2D eigenvalue weighted by atomic mass is 10.3. The van der Waals surface area contributed by atoms with Gasteiger partial charge < -0.3 is 14.8 Å². The predicted molar refractivity (Wildman–Crippen MR) is 89.5 cm³/mol. The lowest BCUT2D eigenvalue weighted by Crippen LogP contribution is -2.29. The fraction of sp³-hybridized carbons (Fsp3) is 0.176. The largest absolute Gasteiger partial charge is 0.497 e. The van der Waals surface area contributed by atoms with E-state index in [9.17, 15) is 4.79 Å². The molecule has 3 rings (SSSR count). The summed E-state index contributed by atoms with van der Waals surface area (Å²) in [5.74, 6) is 1.48. The SMILES string of the molecule is COc1cccc(OCC(=O)NCc2nnnn2-c2ccccc2)c1. The molecule has 0 unspecified atom stereocenters. The molecule has 8 nitrogen and oxygen atoms in total. The van der Waals surface area contributed by atoms with E-state index in [4.69, 9.17) is 9.47 Å². The summed E-state index contributed by atoms with van der Waals surface area (Å²) in [7, 11) is 1.57. The van der Waals surface area contributed by atoms with Crippen LogP contribution in [0, 0.1) is 0 Å². The minimum atomic E-state index is -0.273. The fourth-order valence-electron chi connectivity index (χ4n) is 2.15. The van der Waals surface area contributed by atoms with Crippen molar-refractivity contribution in [3.63, 3.8) is 0 Å². The Hall–Kier alpha value is -3.42. The molecule has 25 heavy (non-hydrogen) atoms. The zero-order valence-corrected chi connectivity index (χ0v) is 13.6. The molecule has 1 amide bonds. The first-order valence-corrected chi connectivity index (χ1v) is 7.62. The molecule has 0 fully saturated rings. The zero-order valence-electron chi connectivity index (χ0n) is 13.6. The number of carbonyl (C=O) groups excluding carboxylic acids is 1. The van der Waals surface area contributed by atoms with Crippen LogP contribution >= 0.6 is 0 Å². The third-order valence-electron chi connectivity index (χ3n) is 3.39. The Kier molecular flexibility index (Phi) is 5.20. The van der Waals surface area contributed by atoms with Crippen molar-refractivity contribution in [3.05, 3.63) is 60.4 Å². The number of hydrogen-bond acceptors (Lipinski definition) is 6. The van der Waals surface area contributed by atoms with Gasteiger partial charge in [0.25, 0.3) is 5.91 Å². The van der Waals surface area contributed by atoms with E-state index < -0.39 is 0 Å². The maximum atomic E-state index is 12.0. The zero-order chi connectivity index (χ0) is 17.5. The van der Waals surface area contributed by atoms with Gasteiger partial charge in [-0.3, -0.25) is 4.79 Å². The molecule has 0 atom stereocenters. The van der Waals surface area contributed by atoms with Crippen LogP contribution < -0.4 is 14.8 Å². The minimum Gasteiger partial charge on any atom is -0.497 e. The second kappa shape index (κ2) is 7.91. The molecule has 0 aliphatic heterocycles. The van der Waals surface area contributed by atoms with Crippen molar-refractivity contribution >= 4 is 5.91 Å². The van der Waals surface area contributed by atoms with Crippen LogP contribution in [0.4, 0.5) is 0 Å². The Morgan fingerprint density at radius 1 is 1.12 bits per heavy atom. The van der Waals surface area contributed by atoms with Gasteiger partial charge in [-0.1, -0.05) is 24.3 Å². The van der Waals surface area contributed by atoms with Crippen LogP contribution in [0.5, 0.6) is 11.5 Å². The van der Waals surface area contributed by atoms with E-state index in [2.05, 4.69) is 20.8 Å². The highest BCUT2D eigenvalue weighted by molar-refractivity contribution is 5.77. The van der Waals surface area contributed by atoms with E-state index in [1.54, 1.807) is 36.1 Å². The summed E-state index contributed by atoms with van der Waals surface area (Å²) in [5, 5.41) is 14.3. The van der Waals surface area contributed by atoms with Gasteiger partial charge in [0, 0.05) is 6.07 Å². The average molecular weight is 339 g/mol. The van der Waals surface area contributed by atoms with Crippen LogP contribution in [0.25, 0.3) is 5.69 Å². The summed E-state index contributed by atoms with van der Waals surface area (Å²) < 4.78 is 12.1. The van der Waals surface area contributed by atoms with Crippen LogP contribution in [0.15, 0.2) is 54.6 Å². The fourth-order valence-corrected chi connectivity index (χ4v) is 2.15. The second-order valence-corrected chi connectivity index (χ2v) is 5.09. The van der Waals surface area contributed by atoms with E-state index in [-0.39, 0.29) is 19.1 Å². The summed E-state index contributed by atoms with van der Waals surface area (Å²) >= 11 is 0. The van der Waals surface area contributed by atoms with Crippen molar-refractivity contribution in [2.45, 2.75) is 6.54 Å². The van der Waals surface area contributed by atoms with Crippen molar-refractivity contribution in [2.75, 3.05) is 13.7 Å². The Morgan fingerprint density at radius 3 is 2.72 bits per heavy atom. The minimum absolute atomic E-state index is 0.111. The van der Waals surface area contributed by atoms with Gasteiger partial charge in [0.15, 0.2) is 12.4 Å². The van der Waals surface area contributed by atoms with E-state index >= 15 is 0 Å². The van der Waals surface area contributed by atoms with E-state index in [0.717, 1.165) is 5.69 Å². The summed E-state index contributed by atoms with van der Waals surface area (Å²) in [6, 6.07) is 16.5. The summed E-state index contributed by atoms with van der Waals surface area (Å²) in [6.07, 6.45) is 0. The van der Waals surface area contributed by atoms with Crippen molar-refractivity contribution in [2.24, 2.45) is 0 Å². The quantitative estimate of drug-likeness (QED) is 0.699. The Bertz CT molecular complexity index is 835. The number of hydrogen-bond donors (Lipinski definition) is 1. The molecule has 3 aromatic rings. The molecule has 1 aromatic heterocycles. The summed E-state index contributed by atoms with van der Waals surface area (Å²) in [5.41, 5.74) is 0.823. The smallest absolute Gasteiger partial charge is 0.258 e. The molecule has 2 aromatic carbocycles. The highest BCUT2D eigenvalue weighted by Crippen LogP contribution is 2.18. The van der Waals surface area contributed by atoms with Gasteiger partial charge in [-0.15, -0.1) is 5.10 Å². The first-order valence-electron chi connectivity index (χ1n) is 7.62. The lowest BCUT2D eigenvalue weighted by molar-refractivity contribution is -0.123. The highest BCUT2D eigenvalue weighted by atomic mass is 16.5. The molecule has 0 spiro atoms. The number of ether oxygens (including phenoxy) is 2. The number of para-hydroxylation sites is 1. The lowest BCUT2D eigenvalue weighted by Gasteiger charge is -2.08. The number of aromatic nitrogens is 4. The Balaban J connectivity index is 1.54. The molecular weight excluding hydrogens is 322 g/mol. The monoisotopic (exact) mass is 339 g/mol. The van der Waals surface area contributed by atoms with Gasteiger partial charge in [0.05, 0.1) is 19.3 Å². The maximum Gasteiger partial charge on any atom is 0.258 e. The Morgan fingerprint density at radius 2 is 1.92 bits per heavy atom. The van der Waals surface area contributed by atoms with E-state index in [1.807, 2.05) is 30.3 Å². The van der Waals surface area contributed by atoms with Gasteiger partial charge in [-0.05, 0) is 34.7 Å². The van der Waals surface area contributed by atoms with Gasteiger partial charge >= 0.3 is 0 Å². The third-order valence-corrected chi connectivity index (χ3v) is 3.39. The normalized spacial score (nSPS) is 10.3. The standard InChI is InChI=1S/C17H17N5O3/c1-24-14-8-5-9-15(10-14)25-12-17(23)18-11-16-19-20-21-22(16)13-6-3-2-4-7-13/h2-10H,11-12H2,1H3,(H,18,23). The summed E-state index contributed by atoms with van der Waals surface area (Å²) in [4.78, 5) is 12.0. The molecule has 0 saturated heterocycles. The molecule has 0 radical (unpaired) electrons. The van der Waals surface area contributed by atoms with Crippen LogP contribution in [0.2, 0.25) is 0 Å². The number of methoxy groups -OCH3 is 1. The number of nitrogens with zero attached hydrogens (tertiary/aromatic N) is 4. The maximum absolute atomic E-state index is 12.0. The van der Waals surface area contributed by atoms with Gasteiger partial charge in [0.2, 0.25) is 0 Å². The topological polar surface area (TPSA) is 91.2 Å². The van der Waals surface area contributed by atoms with E-state index in [0.29, 0.717) is 17.3 Å². The number of nitrogens with one attached hydrogen (secondary N) is 1. The van der Waals surface area contributed by atoms with Crippen molar-refractivity contribution in [1.82, 2.24) is 25.5 Å². The van der Waals surface area contributed by atoms with Crippen LogP contribution in [0.1, 0.15) is 5.82 Å². The van der Waals surface area contributed by atoms with Gasteiger partial charge in [-0.2, -0.15) is 4.68 Å². The molecule has 0 bridgehead atoms. The predicted octanol–water partition coefficient (Wildman–Crippen LogP) is 1.37. The second-order valence-electron chi connectivity index (χ2n) is 5.09. The molecule has 0 aliphatic carbocycles. The highest BCUT2D eigenvalue weighted by Gasteiger charge is 2.10. The molecule has 1 heterocycles. The molecular formula is C17H17N5O3. The number of rotatable bonds is 7. The van der Waals surface area contributed by atoms with Crippen LogP contribution in [-0.2, 0) is 11.3 Å². The number of benzene rings is 2. The molecule has 8 heteroatoms. The van der Waals surface area contributed by atoms with Gasteiger partial charge in [-0.25, -0.2) is 0 Å². The van der Waals surface area contributed by atoms with Crippen molar-refractivity contribution in [3.8, 4) is 17.2 Å². The Labute approximate surface area is 144 Å². The number of tetrazole rings is 1. The number of carbonyl (C=O) groups is 1. The first-order chi connectivity index (χ1) is 12.3. The molecule has 0 saturated carbocycles. The molecule has 0 aliphatic rings. The van der Waals surface area contributed by atoms with E-state index in [1.165, 1.54) is 0 Å². The van der Waals surface area contributed by atoms with Crippen molar-refractivity contribution < 1.29 is 14.3 Å². The molecule has 1 N–H and O–H groups in total. The van der Waals surface area contributed by atoms with Crippen LogP contribution in [0.3, 0.4) is 0 Å². The van der Waals surface area contributed by atoms with Gasteiger partial charge in [0.1, 0.15) is 11.5 Å². The average Bonchev–Trinajstić information content (AvgIpc) is 3.14. The first kappa shape index (κ1) is 16.4. The molecule has 128 valence electrons. The third kappa shape index (κ3) is 4.31. The number of amides is 1. The van der Waals surface area contributed by atoms with Crippen LogP contribution in [-0.4, -0.2) is 39.8 Å². The van der Waals surface area contributed by atoms with Crippen molar-refractivity contribution in [1.29, 1.82) is 0 Å². The summed E-state index contributed by atoms with van der Waals surface area (Å²) in [6.45, 7) is 0.0856.